The van der Waals surface area contributed by atoms with E-state index in [1.807, 2.05) is 42.5 Å². The first-order chi connectivity index (χ1) is 11.7. The molecule has 0 aromatic heterocycles. The maximum atomic E-state index is 9.88. The van der Waals surface area contributed by atoms with Crippen molar-refractivity contribution in [2.75, 3.05) is 0 Å². The van der Waals surface area contributed by atoms with Crippen molar-refractivity contribution in [1.29, 1.82) is 0 Å². The van der Waals surface area contributed by atoms with Crippen LogP contribution in [0, 0.1) is 0 Å². The molecule has 0 bridgehead atoms. The fourth-order valence-corrected chi connectivity index (χ4v) is 3.67. The Labute approximate surface area is 150 Å². The zero-order valence-electron chi connectivity index (χ0n) is 15.5. The molecule has 2 N–H and O–H groups in total. The summed E-state index contributed by atoms with van der Waals surface area (Å²) in [6.07, 6.45) is 2.18. The van der Waals surface area contributed by atoms with E-state index in [0.717, 1.165) is 18.4 Å². The minimum atomic E-state index is -1.54. The van der Waals surface area contributed by atoms with Crippen molar-refractivity contribution in [3.05, 3.63) is 59.2 Å². The van der Waals surface area contributed by atoms with Crippen molar-refractivity contribution in [3.8, 4) is 5.75 Å². The van der Waals surface area contributed by atoms with Crippen LogP contribution in [-0.4, -0.2) is 17.2 Å². The third kappa shape index (κ3) is 3.60. The Morgan fingerprint density at radius 1 is 0.920 bits per heavy atom. The lowest BCUT2D eigenvalue weighted by Gasteiger charge is -2.42. The summed E-state index contributed by atoms with van der Waals surface area (Å²) < 4.78 is 5.99. The van der Waals surface area contributed by atoms with Crippen LogP contribution in [0.3, 0.4) is 0 Å². The van der Waals surface area contributed by atoms with Gasteiger partial charge in [-0.3, -0.25) is 0 Å². The van der Waals surface area contributed by atoms with E-state index in [4.69, 9.17) is 4.74 Å². The predicted molar refractivity (Wildman–Crippen MR) is 102 cm³/mol. The van der Waals surface area contributed by atoms with E-state index in [2.05, 4.69) is 27.7 Å². The van der Waals surface area contributed by atoms with Gasteiger partial charge >= 0.3 is 7.12 Å². The van der Waals surface area contributed by atoms with Crippen LogP contribution in [0.2, 0.25) is 0 Å². The van der Waals surface area contributed by atoms with Crippen LogP contribution in [0.15, 0.2) is 42.5 Å². The molecule has 0 atom stereocenters. The molecule has 2 aromatic carbocycles. The molecule has 1 aliphatic rings. The second kappa shape index (κ2) is 6.51. The molecule has 3 nitrogen and oxygen atoms in total. The highest BCUT2D eigenvalue weighted by Crippen LogP contribution is 2.46. The van der Waals surface area contributed by atoms with Gasteiger partial charge in [0.05, 0.1) is 0 Å². The van der Waals surface area contributed by atoms with Gasteiger partial charge in [0.2, 0.25) is 0 Å². The molecule has 0 unspecified atom stereocenters. The third-order valence-corrected chi connectivity index (χ3v) is 5.50. The van der Waals surface area contributed by atoms with Crippen LogP contribution < -0.4 is 10.2 Å². The molecule has 132 valence electrons. The predicted octanol–water partition coefficient (Wildman–Crippen LogP) is 3.29. The van der Waals surface area contributed by atoms with Crippen LogP contribution in [0.4, 0.5) is 0 Å². The van der Waals surface area contributed by atoms with Crippen molar-refractivity contribution in [2.45, 2.75) is 58.0 Å². The Kier molecular flexibility index (Phi) is 4.69. The smallest absolute Gasteiger partial charge is 0.489 e. The first-order valence-corrected chi connectivity index (χ1v) is 8.92. The summed E-state index contributed by atoms with van der Waals surface area (Å²) in [4.78, 5) is 0. The van der Waals surface area contributed by atoms with Gasteiger partial charge in [-0.2, -0.15) is 0 Å². The van der Waals surface area contributed by atoms with Crippen molar-refractivity contribution in [3.63, 3.8) is 0 Å². The van der Waals surface area contributed by atoms with E-state index in [-0.39, 0.29) is 10.8 Å². The lowest BCUT2D eigenvalue weighted by Crippen LogP contribution is -2.38. The standard InChI is InChI=1S/C21H27BO3/c1-20(2)10-11-21(3,4)17-13-19(18(22(23)24)12-16(17)20)25-14-15-8-6-5-7-9-15/h5-9,12-13,23-24H,10-11,14H2,1-4H3. The van der Waals surface area contributed by atoms with Gasteiger partial charge in [0.15, 0.2) is 0 Å². The number of fused-ring (bicyclic) bond motifs is 1. The van der Waals surface area contributed by atoms with Crippen LogP contribution in [0.5, 0.6) is 5.75 Å². The first kappa shape index (κ1) is 18.0. The fourth-order valence-electron chi connectivity index (χ4n) is 3.67. The molecule has 1 aliphatic carbocycles. The van der Waals surface area contributed by atoms with E-state index in [1.165, 1.54) is 11.1 Å². The van der Waals surface area contributed by atoms with Crippen molar-refractivity contribution < 1.29 is 14.8 Å². The summed E-state index contributed by atoms with van der Waals surface area (Å²) in [5, 5.41) is 19.8. The molecule has 0 spiro atoms. The normalized spacial score (nSPS) is 17.7. The fraction of sp³-hybridized carbons (Fsp3) is 0.429. The Balaban J connectivity index is 2.03. The molecule has 0 saturated carbocycles. The number of rotatable bonds is 4. The van der Waals surface area contributed by atoms with E-state index < -0.39 is 7.12 Å². The molecule has 3 rings (SSSR count). The van der Waals surface area contributed by atoms with Crippen LogP contribution in [0.1, 0.15) is 57.2 Å². The molecule has 0 amide bonds. The van der Waals surface area contributed by atoms with Crippen molar-refractivity contribution in [2.24, 2.45) is 0 Å². The second-order valence-electron chi connectivity index (χ2n) is 8.35. The molecule has 4 heteroatoms. The summed E-state index contributed by atoms with van der Waals surface area (Å²) in [5.74, 6) is 0.559. The lowest BCUT2D eigenvalue weighted by atomic mass is 9.61. The molecule has 0 saturated heterocycles. The maximum absolute atomic E-state index is 9.88. The SMILES string of the molecule is CC1(C)CCC(C)(C)c2cc(B(O)O)c(OCc3ccccc3)cc21. The number of hydrogen-bond acceptors (Lipinski definition) is 3. The summed E-state index contributed by atoms with van der Waals surface area (Å²) >= 11 is 0. The maximum Gasteiger partial charge on any atom is 0.492 e. The average Bonchev–Trinajstić information content (AvgIpc) is 2.57. The molecule has 2 aromatic rings. The molecule has 0 aliphatic heterocycles. The number of benzene rings is 2. The van der Waals surface area contributed by atoms with Crippen molar-refractivity contribution >= 4 is 12.6 Å². The summed E-state index contributed by atoms with van der Waals surface area (Å²) in [6, 6.07) is 13.9. The molecule has 0 fully saturated rings. The first-order valence-electron chi connectivity index (χ1n) is 8.92. The van der Waals surface area contributed by atoms with Gasteiger partial charge in [0, 0.05) is 5.46 Å². The average molecular weight is 338 g/mol. The van der Waals surface area contributed by atoms with Gasteiger partial charge < -0.3 is 14.8 Å². The van der Waals surface area contributed by atoms with Gasteiger partial charge in [0.25, 0.3) is 0 Å². The number of hydrogen-bond donors (Lipinski definition) is 2. The topological polar surface area (TPSA) is 49.7 Å². The highest BCUT2D eigenvalue weighted by molar-refractivity contribution is 6.59. The number of ether oxygens (including phenoxy) is 1. The van der Waals surface area contributed by atoms with Crippen LogP contribution in [-0.2, 0) is 17.4 Å². The monoisotopic (exact) mass is 338 g/mol. The van der Waals surface area contributed by atoms with Gasteiger partial charge in [-0.15, -0.1) is 0 Å². The molecular weight excluding hydrogens is 311 g/mol. The zero-order valence-corrected chi connectivity index (χ0v) is 15.5. The Bertz CT molecular complexity index is 751. The Morgan fingerprint density at radius 2 is 1.48 bits per heavy atom. The van der Waals surface area contributed by atoms with Gasteiger partial charge in [0.1, 0.15) is 12.4 Å². The lowest BCUT2D eigenvalue weighted by molar-refractivity contribution is 0.299. The van der Waals surface area contributed by atoms with Gasteiger partial charge in [-0.25, -0.2) is 0 Å². The van der Waals surface area contributed by atoms with Gasteiger partial charge in [-0.1, -0.05) is 64.1 Å². The Hall–Kier alpha value is -1.78. The molecule has 0 heterocycles. The van der Waals surface area contributed by atoms with E-state index in [9.17, 15) is 10.0 Å². The van der Waals surface area contributed by atoms with Crippen LogP contribution >= 0.6 is 0 Å². The molecular formula is C21H27BO3. The summed E-state index contributed by atoms with van der Waals surface area (Å²) in [6.45, 7) is 9.34. The van der Waals surface area contributed by atoms with Gasteiger partial charge in [-0.05, 0) is 46.4 Å². The molecule has 25 heavy (non-hydrogen) atoms. The highest BCUT2D eigenvalue weighted by Gasteiger charge is 2.38. The summed E-state index contributed by atoms with van der Waals surface area (Å²) in [7, 11) is -1.54. The van der Waals surface area contributed by atoms with E-state index in [1.54, 1.807) is 0 Å². The van der Waals surface area contributed by atoms with E-state index >= 15 is 0 Å². The second-order valence-corrected chi connectivity index (χ2v) is 8.35. The van der Waals surface area contributed by atoms with E-state index in [0.29, 0.717) is 17.8 Å². The van der Waals surface area contributed by atoms with Crippen LogP contribution in [0.25, 0.3) is 0 Å². The minimum Gasteiger partial charge on any atom is -0.489 e. The Morgan fingerprint density at radius 3 is 2.04 bits per heavy atom. The molecule has 0 radical (unpaired) electrons. The summed E-state index contributed by atoms with van der Waals surface area (Å²) in [5.41, 5.74) is 4.01. The zero-order chi connectivity index (χ0) is 18.2. The third-order valence-electron chi connectivity index (χ3n) is 5.50. The van der Waals surface area contributed by atoms with Crippen molar-refractivity contribution in [1.82, 2.24) is 0 Å². The highest BCUT2D eigenvalue weighted by atomic mass is 16.5. The largest absolute Gasteiger partial charge is 0.492 e. The quantitative estimate of drug-likeness (QED) is 0.841. The minimum absolute atomic E-state index is 0.0203.